The van der Waals surface area contributed by atoms with Crippen LogP contribution in [-0.2, 0) is 14.3 Å². The molecule has 1 aromatic carbocycles. The summed E-state index contributed by atoms with van der Waals surface area (Å²) < 4.78 is 5.10. The van der Waals surface area contributed by atoms with E-state index in [2.05, 4.69) is 10.6 Å². The van der Waals surface area contributed by atoms with Crippen molar-refractivity contribution in [2.24, 2.45) is 0 Å². The zero-order valence-electron chi connectivity index (χ0n) is 17.0. The maximum Gasteiger partial charge on any atom is 0.329 e. The number of urea groups is 1. The molecule has 2 aliphatic rings. The number of imide groups is 2. The van der Waals surface area contributed by atoms with Crippen LogP contribution in [0, 0.1) is 0 Å². The van der Waals surface area contributed by atoms with Crippen LogP contribution >= 0.6 is 0 Å². The van der Waals surface area contributed by atoms with Crippen LogP contribution in [0.3, 0.4) is 0 Å². The first-order chi connectivity index (χ1) is 14.3. The first kappa shape index (κ1) is 21.5. The average Bonchev–Trinajstić information content (AvgIpc) is 2.98. The number of hydrogen-bond donors (Lipinski definition) is 2. The van der Waals surface area contributed by atoms with E-state index in [-0.39, 0.29) is 17.2 Å². The molecule has 0 aromatic heterocycles. The number of rotatable bonds is 5. The van der Waals surface area contributed by atoms with E-state index in [0.29, 0.717) is 0 Å². The molecule has 3 rings (SSSR count). The summed E-state index contributed by atoms with van der Waals surface area (Å²) in [5.74, 6) is -2.89. The first-order valence-corrected chi connectivity index (χ1v) is 10.1. The number of carbonyl (C=O) groups is 5. The Hall–Kier alpha value is -3.23. The van der Waals surface area contributed by atoms with Crippen LogP contribution in [0.5, 0.6) is 0 Å². The molecule has 160 valence electrons. The summed E-state index contributed by atoms with van der Waals surface area (Å²) >= 11 is 0. The van der Waals surface area contributed by atoms with Crippen molar-refractivity contribution in [1.82, 2.24) is 15.5 Å². The average molecular weight is 415 g/mol. The molecule has 0 unspecified atom stereocenters. The summed E-state index contributed by atoms with van der Waals surface area (Å²) in [7, 11) is 0. The van der Waals surface area contributed by atoms with Gasteiger partial charge in [-0.3, -0.25) is 24.6 Å². The van der Waals surface area contributed by atoms with Crippen LogP contribution in [0.15, 0.2) is 24.3 Å². The molecule has 1 aliphatic carbocycles. The zero-order chi connectivity index (χ0) is 21.8. The van der Waals surface area contributed by atoms with E-state index in [0.717, 1.165) is 37.0 Å². The monoisotopic (exact) mass is 415 g/mol. The second kappa shape index (κ2) is 9.06. The highest BCUT2D eigenvalue weighted by Crippen LogP contribution is 2.25. The molecule has 1 aromatic rings. The Bertz CT molecular complexity index is 842. The summed E-state index contributed by atoms with van der Waals surface area (Å²) in [5.41, 5.74) is 0.430. The minimum absolute atomic E-state index is 0.0262. The fourth-order valence-electron chi connectivity index (χ4n) is 3.67. The summed E-state index contributed by atoms with van der Waals surface area (Å²) in [6.45, 7) is 2.67. The van der Waals surface area contributed by atoms with E-state index in [1.807, 2.05) is 0 Å². The Balaban J connectivity index is 1.53. The second-order valence-electron chi connectivity index (χ2n) is 7.58. The highest BCUT2D eigenvalue weighted by Gasteiger charge is 2.41. The molecule has 2 N–H and O–H groups in total. The third-order valence-electron chi connectivity index (χ3n) is 5.39. The highest BCUT2D eigenvalue weighted by atomic mass is 16.5. The van der Waals surface area contributed by atoms with Gasteiger partial charge in [-0.05, 0) is 38.8 Å². The number of ether oxygens (including phenoxy) is 1. The predicted octanol–water partition coefficient (Wildman–Crippen LogP) is 1.76. The molecule has 9 nitrogen and oxygen atoms in total. The van der Waals surface area contributed by atoms with Crippen molar-refractivity contribution in [3.05, 3.63) is 35.4 Å². The number of nitrogens with zero attached hydrogens (tertiary/aromatic N) is 1. The molecule has 30 heavy (non-hydrogen) atoms. The van der Waals surface area contributed by atoms with Gasteiger partial charge in [0.25, 0.3) is 17.7 Å². The number of esters is 1. The van der Waals surface area contributed by atoms with E-state index >= 15 is 0 Å². The Morgan fingerprint density at radius 2 is 1.57 bits per heavy atom. The van der Waals surface area contributed by atoms with Gasteiger partial charge in [-0.2, -0.15) is 0 Å². The van der Waals surface area contributed by atoms with Crippen LogP contribution in [0.1, 0.15) is 66.7 Å². The van der Waals surface area contributed by atoms with E-state index in [1.165, 1.54) is 26.0 Å². The summed E-state index contributed by atoms with van der Waals surface area (Å²) in [4.78, 5) is 62.4. The van der Waals surface area contributed by atoms with Gasteiger partial charge in [0, 0.05) is 6.04 Å². The minimum Gasteiger partial charge on any atom is -0.451 e. The normalized spacial score (nSPS) is 18.4. The third-order valence-corrected chi connectivity index (χ3v) is 5.39. The van der Waals surface area contributed by atoms with Crippen molar-refractivity contribution in [3.8, 4) is 0 Å². The van der Waals surface area contributed by atoms with Crippen molar-refractivity contribution in [3.63, 3.8) is 0 Å². The smallest absolute Gasteiger partial charge is 0.329 e. The van der Waals surface area contributed by atoms with Crippen LogP contribution in [0.25, 0.3) is 0 Å². The molecule has 1 heterocycles. The van der Waals surface area contributed by atoms with Crippen molar-refractivity contribution >= 4 is 29.7 Å². The number of hydrogen-bond acceptors (Lipinski definition) is 6. The lowest BCUT2D eigenvalue weighted by Gasteiger charge is -2.24. The largest absolute Gasteiger partial charge is 0.451 e. The number of benzene rings is 1. The van der Waals surface area contributed by atoms with Gasteiger partial charge in [-0.1, -0.05) is 31.4 Å². The van der Waals surface area contributed by atoms with E-state index in [9.17, 15) is 24.0 Å². The number of amides is 5. The van der Waals surface area contributed by atoms with Crippen molar-refractivity contribution in [2.75, 3.05) is 0 Å². The highest BCUT2D eigenvalue weighted by molar-refractivity contribution is 6.22. The van der Waals surface area contributed by atoms with E-state index in [4.69, 9.17) is 4.74 Å². The topological polar surface area (TPSA) is 122 Å². The summed E-state index contributed by atoms with van der Waals surface area (Å²) in [6.07, 6.45) is 3.66. The molecule has 0 saturated heterocycles. The van der Waals surface area contributed by atoms with Gasteiger partial charge in [0.05, 0.1) is 11.1 Å². The fraction of sp³-hybridized carbons (Fsp3) is 0.476. The van der Waals surface area contributed by atoms with Gasteiger partial charge in [-0.15, -0.1) is 0 Å². The maximum absolute atomic E-state index is 12.5. The van der Waals surface area contributed by atoms with Gasteiger partial charge >= 0.3 is 12.0 Å². The molecular formula is C21H25N3O6. The molecule has 2 atom stereocenters. The third kappa shape index (κ3) is 4.50. The Morgan fingerprint density at radius 1 is 1.00 bits per heavy atom. The lowest BCUT2D eigenvalue weighted by molar-refractivity contribution is -0.157. The fourth-order valence-corrected chi connectivity index (χ4v) is 3.67. The molecule has 1 saturated carbocycles. The minimum atomic E-state index is -1.27. The molecule has 1 fully saturated rings. The predicted molar refractivity (Wildman–Crippen MR) is 106 cm³/mol. The Kier molecular flexibility index (Phi) is 6.49. The van der Waals surface area contributed by atoms with E-state index in [1.54, 1.807) is 12.1 Å². The molecule has 0 bridgehead atoms. The zero-order valence-corrected chi connectivity index (χ0v) is 17.0. The summed E-state index contributed by atoms with van der Waals surface area (Å²) in [6, 6.07) is 4.44. The standard InChI is InChI=1S/C21H25N3O6/c1-12(24-18(26)15-10-6-7-11-16(15)19(24)27)20(28)30-13(2)17(25)23-21(29)22-14-8-4-3-5-9-14/h6-7,10-14H,3-5,8-9H2,1-2H3,(H2,22,23,25,29)/t12-,13-/m0/s1. The number of nitrogens with one attached hydrogen (secondary N) is 2. The molecule has 5 amide bonds. The van der Waals surface area contributed by atoms with Crippen LogP contribution in [0.2, 0.25) is 0 Å². The molecule has 1 aliphatic heterocycles. The van der Waals surface area contributed by atoms with Crippen molar-refractivity contribution in [1.29, 1.82) is 0 Å². The van der Waals surface area contributed by atoms with Gasteiger partial charge in [0.1, 0.15) is 6.04 Å². The number of carbonyl (C=O) groups excluding carboxylic acids is 5. The summed E-state index contributed by atoms with van der Waals surface area (Å²) in [5, 5.41) is 4.90. The first-order valence-electron chi connectivity index (χ1n) is 10.1. The quantitative estimate of drug-likeness (QED) is 0.558. The molecule has 0 spiro atoms. The van der Waals surface area contributed by atoms with Crippen LogP contribution in [-0.4, -0.2) is 52.8 Å². The van der Waals surface area contributed by atoms with Crippen LogP contribution in [0.4, 0.5) is 4.79 Å². The molecule has 9 heteroatoms. The van der Waals surface area contributed by atoms with Crippen molar-refractivity contribution < 1.29 is 28.7 Å². The lowest BCUT2D eigenvalue weighted by Crippen LogP contribution is -2.50. The van der Waals surface area contributed by atoms with Gasteiger partial charge in [0.2, 0.25) is 0 Å². The van der Waals surface area contributed by atoms with Crippen LogP contribution < -0.4 is 10.6 Å². The van der Waals surface area contributed by atoms with Gasteiger partial charge in [-0.25, -0.2) is 9.59 Å². The van der Waals surface area contributed by atoms with Gasteiger partial charge < -0.3 is 10.1 Å². The lowest BCUT2D eigenvalue weighted by atomic mass is 9.96. The van der Waals surface area contributed by atoms with Gasteiger partial charge in [0.15, 0.2) is 6.10 Å². The number of fused-ring (bicyclic) bond motifs is 1. The SMILES string of the molecule is C[C@H](OC(=O)[C@H](C)N1C(=O)c2ccccc2C1=O)C(=O)NC(=O)NC1CCCCC1. The molecule has 0 radical (unpaired) electrons. The maximum atomic E-state index is 12.5. The van der Waals surface area contributed by atoms with E-state index < -0.39 is 41.9 Å². The Morgan fingerprint density at radius 3 is 2.13 bits per heavy atom. The Labute approximate surface area is 174 Å². The van der Waals surface area contributed by atoms with Crippen molar-refractivity contribution in [2.45, 2.75) is 64.1 Å². The second-order valence-corrected chi connectivity index (χ2v) is 7.58. The molecular weight excluding hydrogens is 390 g/mol.